The third kappa shape index (κ3) is 2.22. The van der Waals surface area contributed by atoms with E-state index in [-0.39, 0.29) is 11.8 Å². The Morgan fingerprint density at radius 2 is 2.12 bits per heavy atom. The monoisotopic (exact) mass is 349 g/mol. The molecule has 0 aliphatic carbocycles. The highest BCUT2D eigenvalue weighted by molar-refractivity contribution is 5.92. The Labute approximate surface area is 149 Å². The number of rotatable bonds is 2. The summed E-state index contributed by atoms with van der Waals surface area (Å²) in [6.07, 6.45) is 8.19. The van der Waals surface area contributed by atoms with Crippen LogP contribution < -0.4 is 0 Å². The van der Waals surface area contributed by atoms with Crippen LogP contribution in [0.1, 0.15) is 35.6 Å². The van der Waals surface area contributed by atoms with Crippen molar-refractivity contribution in [3.05, 3.63) is 48.4 Å². The number of carbonyl (C=O) groups excluding carboxylic acids is 1. The normalized spacial score (nSPS) is 20.9. The standard InChI is InChI=1S/C18H19N7O/c1-11-4-7-24(18(26)14-2-6-22-23-14)10-13(11)17-21-9-12-8-20-16-15(25(12)17)3-5-19-16/h2-3,5-6,8-9,11,13,19H,4,7,10H2,1H3,(H,22,23)/t11-,13+/m1/s1. The van der Waals surface area contributed by atoms with E-state index in [0.717, 1.165) is 35.5 Å². The SMILES string of the molecule is C[C@@H]1CCN(C(=O)c2cc[nH]n2)C[C@@H]1c1ncc2cnc3[nH]ccc3n12. The Balaban J connectivity index is 1.55. The average molecular weight is 349 g/mol. The van der Waals surface area contributed by atoms with E-state index in [0.29, 0.717) is 18.2 Å². The minimum absolute atomic E-state index is 0.0301. The molecule has 1 amide bonds. The molecule has 0 spiro atoms. The van der Waals surface area contributed by atoms with Gasteiger partial charge in [-0.2, -0.15) is 5.10 Å². The predicted octanol–water partition coefficient (Wildman–Crippen LogP) is 2.20. The molecule has 8 nitrogen and oxygen atoms in total. The van der Waals surface area contributed by atoms with Gasteiger partial charge in [-0.25, -0.2) is 9.97 Å². The summed E-state index contributed by atoms with van der Waals surface area (Å²) in [5.41, 5.74) is 3.28. The van der Waals surface area contributed by atoms with Crippen LogP contribution in [-0.4, -0.2) is 53.4 Å². The van der Waals surface area contributed by atoms with Crippen molar-refractivity contribution in [2.24, 2.45) is 5.92 Å². The van der Waals surface area contributed by atoms with Crippen molar-refractivity contribution in [2.45, 2.75) is 19.3 Å². The smallest absolute Gasteiger partial charge is 0.274 e. The molecule has 1 fully saturated rings. The number of aromatic amines is 2. The van der Waals surface area contributed by atoms with Crippen molar-refractivity contribution >= 4 is 22.6 Å². The Hall–Kier alpha value is -3.16. The van der Waals surface area contributed by atoms with Crippen LogP contribution in [0.3, 0.4) is 0 Å². The van der Waals surface area contributed by atoms with Gasteiger partial charge < -0.3 is 9.88 Å². The number of piperidine rings is 1. The number of imidazole rings is 1. The first kappa shape index (κ1) is 15.1. The number of nitrogens with zero attached hydrogens (tertiary/aromatic N) is 5. The Kier molecular flexibility index (Phi) is 3.31. The lowest BCUT2D eigenvalue weighted by Gasteiger charge is -2.36. The molecule has 0 aromatic carbocycles. The maximum Gasteiger partial charge on any atom is 0.274 e. The second-order valence-electron chi connectivity index (χ2n) is 6.93. The maximum atomic E-state index is 12.7. The third-order valence-electron chi connectivity index (χ3n) is 5.38. The molecule has 0 bridgehead atoms. The second-order valence-corrected chi connectivity index (χ2v) is 6.93. The predicted molar refractivity (Wildman–Crippen MR) is 95.9 cm³/mol. The summed E-state index contributed by atoms with van der Waals surface area (Å²) in [5, 5.41) is 6.75. The lowest BCUT2D eigenvalue weighted by molar-refractivity contribution is 0.0659. The van der Waals surface area contributed by atoms with Gasteiger partial charge in [-0.3, -0.25) is 14.3 Å². The molecule has 26 heavy (non-hydrogen) atoms. The van der Waals surface area contributed by atoms with E-state index in [2.05, 4.69) is 31.5 Å². The number of amides is 1. The summed E-state index contributed by atoms with van der Waals surface area (Å²) in [6.45, 7) is 3.62. The Bertz CT molecular complexity index is 1080. The number of nitrogens with one attached hydrogen (secondary N) is 2. The zero-order chi connectivity index (χ0) is 17.7. The zero-order valence-electron chi connectivity index (χ0n) is 14.4. The van der Waals surface area contributed by atoms with Crippen LogP contribution in [0.15, 0.2) is 36.9 Å². The molecule has 4 aromatic rings. The molecule has 0 saturated carbocycles. The van der Waals surface area contributed by atoms with E-state index in [9.17, 15) is 4.79 Å². The summed E-state index contributed by atoms with van der Waals surface area (Å²) in [7, 11) is 0. The Morgan fingerprint density at radius 1 is 1.23 bits per heavy atom. The van der Waals surface area contributed by atoms with Gasteiger partial charge in [0, 0.05) is 31.4 Å². The molecule has 1 aliphatic heterocycles. The molecule has 0 radical (unpaired) electrons. The van der Waals surface area contributed by atoms with Crippen LogP contribution in [0.5, 0.6) is 0 Å². The molecule has 1 aliphatic rings. The summed E-state index contributed by atoms with van der Waals surface area (Å²) in [6, 6.07) is 3.73. The van der Waals surface area contributed by atoms with Gasteiger partial charge in [-0.15, -0.1) is 0 Å². The average Bonchev–Trinajstić information content (AvgIpc) is 3.40. The van der Waals surface area contributed by atoms with Gasteiger partial charge in [0.05, 0.1) is 23.4 Å². The number of likely N-dealkylation sites (tertiary alicyclic amines) is 1. The van der Waals surface area contributed by atoms with Crippen LogP contribution in [0, 0.1) is 5.92 Å². The van der Waals surface area contributed by atoms with Crippen molar-refractivity contribution in [3.63, 3.8) is 0 Å². The van der Waals surface area contributed by atoms with Crippen molar-refractivity contribution in [3.8, 4) is 0 Å². The summed E-state index contributed by atoms with van der Waals surface area (Å²) < 4.78 is 2.16. The van der Waals surface area contributed by atoms with Gasteiger partial charge in [0.1, 0.15) is 11.5 Å². The van der Waals surface area contributed by atoms with Crippen LogP contribution in [0.2, 0.25) is 0 Å². The molecular weight excluding hydrogens is 330 g/mol. The first-order chi connectivity index (χ1) is 12.7. The molecule has 2 atom stereocenters. The van der Waals surface area contributed by atoms with Crippen LogP contribution in [0.25, 0.3) is 16.7 Å². The Morgan fingerprint density at radius 3 is 2.96 bits per heavy atom. The number of H-pyrrole nitrogens is 2. The highest BCUT2D eigenvalue weighted by atomic mass is 16.2. The fraction of sp³-hybridized carbons (Fsp3) is 0.333. The van der Waals surface area contributed by atoms with Crippen LogP contribution in [0.4, 0.5) is 0 Å². The van der Waals surface area contributed by atoms with E-state index >= 15 is 0 Å². The molecule has 2 N–H and O–H groups in total. The summed E-state index contributed by atoms with van der Waals surface area (Å²) >= 11 is 0. The lowest BCUT2D eigenvalue weighted by Crippen LogP contribution is -2.42. The minimum atomic E-state index is -0.0301. The van der Waals surface area contributed by atoms with Crippen molar-refractivity contribution < 1.29 is 4.79 Å². The van der Waals surface area contributed by atoms with E-state index in [1.54, 1.807) is 12.3 Å². The molecule has 132 valence electrons. The van der Waals surface area contributed by atoms with Gasteiger partial charge >= 0.3 is 0 Å². The van der Waals surface area contributed by atoms with Crippen molar-refractivity contribution in [2.75, 3.05) is 13.1 Å². The molecular formula is C18H19N7O. The first-order valence-corrected chi connectivity index (χ1v) is 8.81. The van der Waals surface area contributed by atoms with Crippen molar-refractivity contribution in [1.29, 1.82) is 0 Å². The second kappa shape index (κ2) is 5.69. The van der Waals surface area contributed by atoms with Gasteiger partial charge in [0.2, 0.25) is 0 Å². The fourth-order valence-electron chi connectivity index (χ4n) is 3.89. The minimum Gasteiger partial charge on any atom is -0.345 e. The zero-order valence-corrected chi connectivity index (χ0v) is 14.4. The fourth-order valence-corrected chi connectivity index (χ4v) is 3.89. The topological polar surface area (TPSA) is 95.0 Å². The number of hydrogen-bond acceptors (Lipinski definition) is 4. The third-order valence-corrected chi connectivity index (χ3v) is 5.38. The molecule has 4 aromatic heterocycles. The highest BCUT2D eigenvalue weighted by Gasteiger charge is 2.33. The van der Waals surface area contributed by atoms with E-state index in [4.69, 9.17) is 4.98 Å². The molecule has 1 saturated heterocycles. The van der Waals surface area contributed by atoms with Gasteiger partial charge in [-0.05, 0) is 24.5 Å². The summed E-state index contributed by atoms with van der Waals surface area (Å²) in [4.78, 5) is 26.9. The molecule has 8 heteroatoms. The van der Waals surface area contributed by atoms with Gasteiger partial charge in [-0.1, -0.05) is 6.92 Å². The van der Waals surface area contributed by atoms with Gasteiger partial charge in [0.15, 0.2) is 5.65 Å². The maximum absolute atomic E-state index is 12.7. The number of carbonyl (C=O) groups is 1. The molecule has 5 rings (SSSR count). The lowest BCUT2D eigenvalue weighted by atomic mass is 9.86. The van der Waals surface area contributed by atoms with E-state index < -0.39 is 0 Å². The molecule has 5 heterocycles. The number of aromatic nitrogens is 6. The first-order valence-electron chi connectivity index (χ1n) is 8.81. The van der Waals surface area contributed by atoms with E-state index in [1.165, 1.54) is 0 Å². The summed E-state index contributed by atoms with van der Waals surface area (Å²) in [5.74, 6) is 1.55. The largest absolute Gasteiger partial charge is 0.345 e. The number of fused-ring (bicyclic) bond motifs is 3. The van der Waals surface area contributed by atoms with Gasteiger partial charge in [0.25, 0.3) is 5.91 Å². The number of hydrogen-bond donors (Lipinski definition) is 2. The molecule has 0 unspecified atom stereocenters. The van der Waals surface area contributed by atoms with E-state index in [1.807, 2.05) is 29.6 Å². The van der Waals surface area contributed by atoms with Crippen LogP contribution in [-0.2, 0) is 0 Å². The quantitative estimate of drug-likeness (QED) is 0.580. The van der Waals surface area contributed by atoms with Crippen LogP contribution >= 0.6 is 0 Å². The highest BCUT2D eigenvalue weighted by Crippen LogP contribution is 2.33. The van der Waals surface area contributed by atoms with Crippen molar-refractivity contribution in [1.82, 2.24) is 34.4 Å².